The van der Waals surface area contributed by atoms with Gasteiger partial charge in [0.1, 0.15) is 0 Å². The van der Waals surface area contributed by atoms with E-state index in [1.54, 1.807) is 0 Å². The fourth-order valence-corrected chi connectivity index (χ4v) is 1.33. The molecule has 2 nitrogen and oxygen atoms in total. The maximum atomic E-state index is 9.87. The minimum absolute atomic E-state index is 0.327. The van der Waals surface area contributed by atoms with Gasteiger partial charge < -0.3 is 5.11 Å². The van der Waals surface area contributed by atoms with Gasteiger partial charge in [0.05, 0.1) is 0 Å². The van der Waals surface area contributed by atoms with Crippen LogP contribution >= 0.6 is 0 Å². The largest absolute Gasteiger partial charge is 0.481 e. The average molecular weight is 222 g/mol. The second-order valence-electron chi connectivity index (χ2n) is 4.01. The maximum Gasteiger partial charge on any atom is 0.303 e. The maximum absolute atomic E-state index is 9.87. The van der Waals surface area contributed by atoms with E-state index >= 15 is 0 Å². The minimum Gasteiger partial charge on any atom is -0.481 e. The summed E-state index contributed by atoms with van der Waals surface area (Å²) in [5.74, 6) is -0.682. The van der Waals surface area contributed by atoms with Gasteiger partial charge in [-0.05, 0) is 20.3 Å². The van der Waals surface area contributed by atoms with Gasteiger partial charge in [-0.15, -0.1) is 0 Å². The Morgan fingerprint density at radius 1 is 1.19 bits per heavy atom. The van der Waals surface area contributed by atoms with E-state index < -0.39 is 5.97 Å². The van der Waals surface area contributed by atoms with Crippen molar-refractivity contribution in [1.82, 2.24) is 0 Å². The molecule has 0 aromatic heterocycles. The topological polar surface area (TPSA) is 37.3 Å². The highest BCUT2D eigenvalue weighted by Gasteiger charge is 1.92. The fraction of sp³-hybridized carbons (Fsp3) is 0.500. The Morgan fingerprint density at radius 3 is 2.06 bits per heavy atom. The van der Waals surface area contributed by atoms with Gasteiger partial charge in [0.15, 0.2) is 0 Å². The molecule has 0 aliphatic carbocycles. The summed E-state index contributed by atoms with van der Waals surface area (Å²) < 4.78 is 0. The minimum atomic E-state index is -0.682. The van der Waals surface area contributed by atoms with Crippen molar-refractivity contribution in [3.05, 3.63) is 35.4 Å². The Bertz CT molecular complexity index is 288. The van der Waals surface area contributed by atoms with Crippen molar-refractivity contribution in [2.75, 3.05) is 0 Å². The van der Waals surface area contributed by atoms with Gasteiger partial charge in [0.25, 0.3) is 0 Å². The van der Waals surface area contributed by atoms with Crippen molar-refractivity contribution in [3.8, 4) is 0 Å². The van der Waals surface area contributed by atoms with Crippen LogP contribution in [0.5, 0.6) is 0 Å². The van der Waals surface area contributed by atoms with E-state index in [-0.39, 0.29) is 0 Å². The first kappa shape index (κ1) is 14.7. The molecule has 0 atom stereocenters. The lowest BCUT2D eigenvalue weighted by Crippen LogP contribution is -1.92. The van der Waals surface area contributed by atoms with Crippen LogP contribution in [0.1, 0.15) is 43.7 Å². The Kier molecular flexibility index (Phi) is 8.22. The van der Waals surface area contributed by atoms with Crippen molar-refractivity contribution in [3.63, 3.8) is 0 Å². The standard InChI is InChI=1S/C8H10.C6H12O2/c1-7-4-3-5-8(2)6-7;1-2-3-4-5-6(7)8/h3-6H,1-2H3;2-5H2,1H3,(H,7,8). The van der Waals surface area contributed by atoms with E-state index in [1.807, 2.05) is 0 Å². The SMILES string of the molecule is CCCCCC(=O)O.Cc1cccc(C)c1. The van der Waals surface area contributed by atoms with E-state index in [2.05, 4.69) is 45.0 Å². The lowest BCUT2D eigenvalue weighted by molar-refractivity contribution is -0.137. The van der Waals surface area contributed by atoms with E-state index in [4.69, 9.17) is 5.11 Å². The second-order valence-corrected chi connectivity index (χ2v) is 4.01. The summed E-state index contributed by atoms with van der Waals surface area (Å²) >= 11 is 0. The molecule has 0 spiro atoms. The number of aliphatic carboxylic acids is 1. The number of carboxylic acids is 1. The molecule has 16 heavy (non-hydrogen) atoms. The van der Waals surface area contributed by atoms with E-state index in [0.717, 1.165) is 19.3 Å². The number of rotatable bonds is 4. The predicted octanol–water partition coefficient (Wildman–Crippen LogP) is 3.95. The van der Waals surface area contributed by atoms with Gasteiger partial charge >= 0.3 is 5.97 Å². The molecule has 1 rings (SSSR count). The van der Waals surface area contributed by atoms with Crippen LogP contribution in [0.4, 0.5) is 0 Å². The van der Waals surface area contributed by atoms with Crippen LogP contribution in [-0.2, 0) is 4.79 Å². The molecule has 0 saturated heterocycles. The van der Waals surface area contributed by atoms with Gasteiger partial charge in [0, 0.05) is 6.42 Å². The zero-order valence-electron chi connectivity index (χ0n) is 10.5. The van der Waals surface area contributed by atoms with Gasteiger partial charge in [-0.3, -0.25) is 4.79 Å². The highest BCUT2D eigenvalue weighted by molar-refractivity contribution is 5.66. The third-order valence-electron chi connectivity index (χ3n) is 2.17. The average Bonchev–Trinajstić information content (AvgIpc) is 2.18. The lowest BCUT2D eigenvalue weighted by atomic mass is 10.2. The van der Waals surface area contributed by atoms with Gasteiger partial charge in [-0.25, -0.2) is 0 Å². The molecule has 1 aromatic rings. The first-order valence-corrected chi connectivity index (χ1v) is 5.81. The summed E-state index contributed by atoms with van der Waals surface area (Å²) in [4.78, 5) is 9.87. The molecule has 0 aliphatic heterocycles. The van der Waals surface area contributed by atoms with Crippen molar-refractivity contribution in [2.45, 2.75) is 46.5 Å². The molecule has 1 aromatic carbocycles. The quantitative estimate of drug-likeness (QED) is 0.783. The third kappa shape index (κ3) is 9.25. The van der Waals surface area contributed by atoms with Crippen molar-refractivity contribution in [2.24, 2.45) is 0 Å². The molecule has 2 heteroatoms. The van der Waals surface area contributed by atoms with Crippen LogP contribution < -0.4 is 0 Å². The molecule has 90 valence electrons. The molecular formula is C14H22O2. The van der Waals surface area contributed by atoms with E-state index in [1.165, 1.54) is 11.1 Å². The van der Waals surface area contributed by atoms with Gasteiger partial charge in [0.2, 0.25) is 0 Å². The molecule has 0 fully saturated rings. The van der Waals surface area contributed by atoms with Crippen LogP contribution in [0.2, 0.25) is 0 Å². The highest BCUT2D eigenvalue weighted by Crippen LogP contribution is 2.00. The van der Waals surface area contributed by atoms with Gasteiger partial charge in [-0.1, -0.05) is 55.2 Å². The van der Waals surface area contributed by atoms with Crippen molar-refractivity contribution in [1.29, 1.82) is 0 Å². The molecule has 1 N–H and O–H groups in total. The summed E-state index contributed by atoms with van der Waals surface area (Å²) in [5.41, 5.74) is 2.68. The number of benzene rings is 1. The molecule has 0 unspecified atom stereocenters. The number of carboxylic acid groups (broad SMARTS) is 1. The van der Waals surface area contributed by atoms with Gasteiger partial charge in [-0.2, -0.15) is 0 Å². The van der Waals surface area contributed by atoms with E-state index in [9.17, 15) is 4.79 Å². The summed E-state index contributed by atoms with van der Waals surface area (Å²) in [6, 6.07) is 8.45. The number of hydrogen-bond donors (Lipinski definition) is 1. The summed E-state index contributed by atoms with van der Waals surface area (Å²) in [7, 11) is 0. The zero-order chi connectivity index (χ0) is 12.4. The summed E-state index contributed by atoms with van der Waals surface area (Å²) in [6.07, 6.45) is 3.28. The Balaban J connectivity index is 0.000000281. The fourth-order valence-electron chi connectivity index (χ4n) is 1.33. The monoisotopic (exact) mass is 222 g/mol. The number of carbonyl (C=O) groups is 1. The molecule has 0 aliphatic rings. The highest BCUT2D eigenvalue weighted by atomic mass is 16.4. The lowest BCUT2D eigenvalue weighted by Gasteiger charge is -1.90. The first-order chi connectivity index (χ1) is 7.56. The Hall–Kier alpha value is -1.31. The van der Waals surface area contributed by atoms with Crippen LogP contribution in [0.15, 0.2) is 24.3 Å². The van der Waals surface area contributed by atoms with Crippen molar-refractivity contribution >= 4 is 5.97 Å². The Morgan fingerprint density at radius 2 is 1.75 bits per heavy atom. The van der Waals surface area contributed by atoms with Crippen LogP contribution in [0, 0.1) is 13.8 Å². The number of hydrogen-bond acceptors (Lipinski definition) is 1. The molecule has 0 saturated carbocycles. The zero-order valence-corrected chi connectivity index (χ0v) is 10.5. The number of unbranched alkanes of at least 4 members (excludes halogenated alkanes) is 2. The third-order valence-corrected chi connectivity index (χ3v) is 2.17. The molecule has 0 bridgehead atoms. The Labute approximate surface area is 98.3 Å². The molecular weight excluding hydrogens is 200 g/mol. The number of aryl methyl sites for hydroxylation is 2. The normalized spacial score (nSPS) is 9.19. The predicted molar refractivity (Wildman–Crippen MR) is 67.7 cm³/mol. The molecule has 0 heterocycles. The van der Waals surface area contributed by atoms with Crippen LogP contribution in [-0.4, -0.2) is 11.1 Å². The summed E-state index contributed by atoms with van der Waals surface area (Å²) in [5, 5.41) is 8.14. The second kappa shape index (κ2) is 8.96. The van der Waals surface area contributed by atoms with Crippen LogP contribution in [0.25, 0.3) is 0 Å². The molecule has 0 amide bonds. The molecule has 0 radical (unpaired) electrons. The van der Waals surface area contributed by atoms with E-state index in [0.29, 0.717) is 6.42 Å². The van der Waals surface area contributed by atoms with Crippen molar-refractivity contribution < 1.29 is 9.90 Å². The van der Waals surface area contributed by atoms with Crippen LogP contribution in [0.3, 0.4) is 0 Å². The smallest absolute Gasteiger partial charge is 0.303 e. The summed E-state index contributed by atoms with van der Waals surface area (Å²) in [6.45, 7) is 6.27. The first-order valence-electron chi connectivity index (χ1n) is 5.81.